The van der Waals surface area contributed by atoms with Crippen LogP contribution >= 0.6 is 0 Å². The molecule has 5 fully saturated rings. The lowest BCUT2D eigenvalue weighted by molar-refractivity contribution is -0.0181. The molecule has 4 aliphatic carbocycles. The third-order valence-corrected chi connectivity index (χ3v) is 7.32. The van der Waals surface area contributed by atoms with Gasteiger partial charge in [0, 0.05) is 11.8 Å². The van der Waals surface area contributed by atoms with Crippen molar-refractivity contribution in [1.82, 2.24) is 0 Å². The van der Waals surface area contributed by atoms with E-state index in [1.54, 1.807) is 0 Å². The molecule has 5 aliphatic rings. The number of ether oxygens (including phenoxy) is 2. The van der Waals surface area contributed by atoms with Crippen LogP contribution in [0.2, 0.25) is 0 Å². The molecule has 10 unspecified atom stereocenters. The molecule has 0 aromatic heterocycles. The van der Waals surface area contributed by atoms with Gasteiger partial charge in [0.1, 0.15) is 12.2 Å². The highest BCUT2D eigenvalue weighted by Crippen LogP contribution is 2.71. The summed E-state index contributed by atoms with van der Waals surface area (Å²) < 4.78 is 10.9. The van der Waals surface area contributed by atoms with E-state index in [1.807, 2.05) is 0 Å². The van der Waals surface area contributed by atoms with Gasteiger partial charge < -0.3 is 9.47 Å². The fourth-order valence-corrected chi connectivity index (χ4v) is 6.70. The van der Waals surface area contributed by atoms with Crippen LogP contribution in [0.5, 0.6) is 0 Å². The fourth-order valence-electron chi connectivity index (χ4n) is 6.70. The number of hydrogen-bond donors (Lipinski definition) is 0. The van der Waals surface area contributed by atoms with E-state index in [-0.39, 0.29) is 12.2 Å². The SMILES string of the molecule is CC1C(C)C2CC1C1C3CC(C4OC(=O)OC34)C21. The van der Waals surface area contributed by atoms with E-state index in [4.69, 9.17) is 9.47 Å². The van der Waals surface area contributed by atoms with Gasteiger partial charge in [0.15, 0.2) is 0 Å². The summed E-state index contributed by atoms with van der Waals surface area (Å²) in [6.07, 6.45) is 2.48. The van der Waals surface area contributed by atoms with Crippen molar-refractivity contribution >= 4 is 6.16 Å². The lowest BCUT2D eigenvalue weighted by atomic mass is 9.63. The summed E-state index contributed by atoms with van der Waals surface area (Å²) in [4.78, 5) is 11.4. The van der Waals surface area contributed by atoms with Crippen molar-refractivity contribution in [2.45, 2.75) is 38.9 Å². The number of hydrogen-bond acceptors (Lipinski definition) is 3. The Morgan fingerprint density at radius 3 is 1.78 bits per heavy atom. The molecule has 0 aromatic rings. The summed E-state index contributed by atoms with van der Waals surface area (Å²) in [6.45, 7) is 4.87. The lowest BCUT2D eigenvalue weighted by Crippen LogP contribution is -2.45. The van der Waals surface area contributed by atoms with Gasteiger partial charge in [-0.3, -0.25) is 0 Å². The maximum atomic E-state index is 11.4. The summed E-state index contributed by atoms with van der Waals surface area (Å²) >= 11 is 0. The third kappa shape index (κ3) is 0.885. The third-order valence-electron chi connectivity index (χ3n) is 7.32. The second-order valence-electron chi connectivity index (χ2n) is 7.41. The van der Waals surface area contributed by atoms with Crippen LogP contribution in [0.4, 0.5) is 4.79 Å². The van der Waals surface area contributed by atoms with E-state index >= 15 is 0 Å². The highest BCUT2D eigenvalue weighted by atomic mass is 16.8. The second-order valence-corrected chi connectivity index (χ2v) is 7.41. The van der Waals surface area contributed by atoms with Crippen molar-refractivity contribution in [3.8, 4) is 0 Å². The van der Waals surface area contributed by atoms with Gasteiger partial charge in [0.05, 0.1) is 0 Å². The van der Waals surface area contributed by atoms with Gasteiger partial charge in [-0.05, 0) is 48.3 Å². The molecule has 98 valence electrons. The Hall–Kier alpha value is -0.730. The molecule has 4 saturated carbocycles. The van der Waals surface area contributed by atoms with Crippen LogP contribution in [-0.4, -0.2) is 18.4 Å². The van der Waals surface area contributed by atoms with Crippen molar-refractivity contribution in [3.05, 3.63) is 0 Å². The molecule has 3 heteroatoms. The molecule has 0 aromatic carbocycles. The Bertz CT molecular complexity index is 397. The summed E-state index contributed by atoms with van der Waals surface area (Å²) in [5, 5.41) is 0. The molecule has 1 saturated heterocycles. The number of carbonyl (C=O) groups is 1. The van der Waals surface area contributed by atoms with Crippen LogP contribution in [-0.2, 0) is 9.47 Å². The molecular weight excluding hydrogens is 228 g/mol. The van der Waals surface area contributed by atoms with E-state index in [2.05, 4.69) is 13.8 Å². The van der Waals surface area contributed by atoms with Gasteiger partial charge in [0.2, 0.25) is 0 Å². The minimum absolute atomic E-state index is 0.102. The zero-order valence-corrected chi connectivity index (χ0v) is 10.9. The van der Waals surface area contributed by atoms with Crippen LogP contribution in [0.25, 0.3) is 0 Å². The van der Waals surface area contributed by atoms with Crippen LogP contribution < -0.4 is 0 Å². The van der Waals surface area contributed by atoms with Crippen LogP contribution in [0, 0.1) is 47.3 Å². The molecule has 1 heterocycles. The first-order valence-electron chi connectivity index (χ1n) is 7.54. The topological polar surface area (TPSA) is 35.5 Å². The van der Waals surface area contributed by atoms with Crippen molar-refractivity contribution in [2.24, 2.45) is 47.3 Å². The fraction of sp³-hybridized carbons (Fsp3) is 0.933. The molecular formula is C15H20O3. The first kappa shape index (κ1) is 10.1. The molecule has 0 spiro atoms. The molecule has 0 amide bonds. The van der Waals surface area contributed by atoms with Gasteiger partial charge in [0.25, 0.3) is 0 Å². The van der Waals surface area contributed by atoms with Gasteiger partial charge in [-0.2, -0.15) is 0 Å². The Morgan fingerprint density at radius 1 is 0.833 bits per heavy atom. The standard InChI is InChI=1S/C15H20O3/c1-5-6(2)8-3-7(5)11-9-4-10(12(8)11)14-13(9)17-15(16)18-14/h5-14H,3-4H2,1-2H3. The van der Waals surface area contributed by atoms with Crippen LogP contribution in [0.1, 0.15) is 26.7 Å². The molecule has 3 nitrogen and oxygen atoms in total. The number of carbonyl (C=O) groups excluding carboxylic acids is 1. The van der Waals surface area contributed by atoms with E-state index < -0.39 is 6.16 Å². The Morgan fingerprint density at radius 2 is 1.28 bits per heavy atom. The number of fused-ring (bicyclic) bond motifs is 12. The molecule has 1 aliphatic heterocycles. The predicted octanol–water partition coefficient (Wildman–Crippen LogP) is 2.69. The normalized spacial score (nSPS) is 66.9. The van der Waals surface area contributed by atoms with E-state index in [1.165, 1.54) is 12.8 Å². The maximum Gasteiger partial charge on any atom is 0.509 e. The zero-order valence-electron chi connectivity index (χ0n) is 10.9. The smallest absolute Gasteiger partial charge is 0.427 e. The van der Waals surface area contributed by atoms with Gasteiger partial charge in [-0.1, -0.05) is 13.8 Å². The monoisotopic (exact) mass is 248 g/mol. The Balaban J connectivity index is 1.55. The van der Waals surface area contributed by atoms with Gasteiger partial charge >= 0.3 is 6.16 Å². The molecule has 0 radical (unpaired) electrons. The highest BCUT2D eigenvalue weighted by Gasteiger charge is 2.71. The largest absolute Gasteiger partial charge is 0.509 e. The second kappa shape index (κ2) is 2.88. The Kier molecular flexibility index (Phi) is 1.62. The van der Waals surface area contributed by atoms with Gasteiger partial charge in [-0.25, -0.2) is 4.79 Å². The summed E-state index contributed by atoms with van der Waals surface area (Å²) in [5.74, 6) is 6.42. The van der Waals surface area contributed by atoms with Crippen LogP contribution in [0.3, 0.4) is 0 Å². The highest BCUT2D eigenvalue weighted by molar-refractivity contribution is 5.63. The summed E-state index contributed by atoms with van der Waals surface area (Å²) in [5.41, 5.74) is 0. The van der Waals surface area contributed by atoms with Gasteiger partial charge in [-0.15, -0.1) is 0 Å². The first-order chi connectivity index (χ1) is 8.66. The maximum absolute atomic E-state index is 11.4. The average molecular weight is 248 g/mol. The molecule has 5 rings (SSSR count). The first-order valence-corrected chi connectivity index (χ1v) is 7.54. The molecule has 4 bridgehead atoms. The van der Waals surface area contributed by atoms with E-state index in [0.29, 0.717) is 11.8 Å². The van der Waals surface area contributed by atoms with Crippen molar-refractivity contribution < 1.29 is 14.3 Å². The average Bonchev–Trinajstić information content (AvgIpc) is 3.02. The lowest BCUT2D eigenvalue weighted by Gasteiger charge is -2.43. The Labute approximate surface area is 107 Å². The summed E-state index contributed by atoms with van der Waals surface area (Å²) in [6, 6.07) is 0. The minimum Gasteiger partial charge on any atom is -0.427 e. The molecule has 10 atom stereocenters. The molecule has 18 heavy (non-hydrogen) atoms. The van der Waals surface area contributed by atoms with E-state index in [0.717, 1.165) is 35.5 Å². The zero-order chi connectivity index (χ0) is 12.2. The van der Waals surface area contributed by atoms with Crippen molar-refractivity contribution in [3.63, 3.8) is 0 Å². The van der Waals surface area contributed by atoms with Crippen molar-refractivity contribution in [2.75, 3.05) is 0 Å². The predicted molar refractivity (Wildman–Crippen MR) is 63.6 cm³/mol. The van der Waals surface area contributed by atoms with Crippen LogP contribution in [0.15, 0.2) is 0 Å². The van der Waals surface area contributed by atoms with Crippen molar-refractivity contribution in [1.29, 1.82) is 0 Å². The quantitative estimate of drug-likeness (QED) is 0.488. The summed E-state index contributed by atoms with van der Waals surface area (Å²) in [7, 11) is 0. The number of rotatable bonds is 0. The molecule has 0 N–H and O–H groups in total. The van der Waals surface area contributed by atoms with E-state index in [9.17, 15) is 4.79 Å². The minimum atomic E-state index is -0.409.